The van der Waals surface area contributed by atoms with Crippen LogP contribution in [0.3, 0.4) is 0 Å². The predicted octanol–water partition coefficient (Wildman–Crippen LogP) is 3.79. The molecule has 2 aromatic carbocycles. The Bertz CT molecular complexity index is 728. The molecule has 0 atom stereocenters. The van der Waals surface area contributed by atoms with Crippen LogP contribution in [-0.2, 0) is 4.79 Å². The lowest BCUT2D eigenvalue weighted by Crippen LogP contribution is -2.31. The Kier molecular flexibility index (Phi) is 4.67. The zero-order valence-corrected chi connectivity index (χ0v) is 13.7. The lowest BCUT2D eigenvalue weighted by atomic mass is 10.1. The number of anilines is 2. The molecule has 1 aliphatic rings. The summed E-state index contributed by atoms with van der Waals surface area (Å²) in [5.74, 6) is 0.888. The van der Waals surface area contributed by atoms with E-state index in [-0.39, 0.29) is 11.8 Å². The van der Waals surface area contributed by atoms with Crippen molar-refractivity contribution >= 4 is 35.0 Å². The predicted molar refractivity (Wildman–Crippen MR) is 94.2 cm³/mol. The van der Waals surface area contributed by atoms with Gasteiger partial charge in [0.2, 0.25) is 5.91 Å². The van der Waals surface area contributed by atoms with Crippen molar-refractivity contribution in [1.29, 1.82) is 0 Å². The van der Waals surface area contributed by atoms with Gasteiger partial charge >= 0.3 is 0 Å². The smallest absolute Gasteiger partial charge is 0.258 e. The third-order valence-electron chi connectivity index (χ3n) is 3.64. The molecule has 0 aliphatic carbocycles. The third-order valence-corrected chi connectivity index (χ3v) is 4.79. The number of nitrogens with one attached hydrogen (secondary N) is 1. The SMILES string of the molecule is CC(=O)Nc1ccc(C(=O)N2CCCSc3ccccc32)cc1. The highest BCUT2D eigenvalue weighted by molar-refractivity contribution is 7.99. The fourth-order valence-electron chi connectivity index (χ4n) is 2.59. The fraction of sp³-hybridized carbons (Fsp3) is 0.222. The molecule has 2 amide bonds. The molecule has 23 heavy (non-hydrogen) atoms. The van der Waals surface area contributed by atoms with Crippen molar-refractivity contribution in [3.8, 4) is 0 Å². The van der Waals surface area contributed by atoms with E-state index in [0.717, 1.165) is 29.3 Å². The number of thioether (sulfide) groups is 1. The van der Waals surface area contributed by atoms with Crippen molar-refractivity contribution in [2.75, 3.05) is 22.5 Å². The van der Waals surface area contributed by atoms with Gasteiger partial charge in [0.1, 0.15) is 0 Å². The van der Waals surface area contributed by atoms with E-state index in [1.807, 2.05) is 23.1 Å². The van der Waals surface area contributed by atoms with E-state index in [1.54, 1.807) is 36.0 Å². The molecule has 1 aliphatic heterocycles. The summed E-state index contributed by atoms with van der Waals surface area (Å²) in [7, 11) is 0. The minimum Gasteiger partial charge on any atom is -0.326 e. The normalized spacial score (nSPS) is 13.9. The minimum atomic E-state index is -0.123. The van der Waals surface area contributed by atoms with Gasteiger partial charge in [-0.05, 0) is 48.6 Å². The summed E-state index contributed by atoms with van der Waals surface area (Å²) in [5, 5.41) is 2.71. The van der Waals surface area contributed by atoms with E-state index in [1.165, 1.54) is 6.92 Å². The van der Waals surface area contributed by atoms with Gasteiger partial charge in [-0.2, -0.15) is 0 Å². The van der Waals surface area contributed by atoms with Crippen molar-refractivity contribution in [2.24, 2.45) is 0 Å². The van der Waals surface area contributed by atoms with Crippen LogP contribution in [0, 0.1) is 0 Å². The molecule has 0 fully saturated rings. The monoisotopic (exact) mass is 326 g/mol. The molecule has 0 spiro atoms. The van der Waals surface area contributed by atoms with Gasteiger partial charge in [0, 0.05) is 29.6 Å². The van der Waals surface area contributed by atoms with Gasteiger partial charge in [-0.15, -0.1) is 11.8 Å². The molecule has 2 aromatic rings. The van der Waals surface area contributed by atoms with Crippen molar-refractivity contribution in [3.05, 3.63) is 54.1 Å². The summed E-state index contributed by atoms with van der Waals surface area (Å²) in [6.45, 7) is 2.18. The molecule has 1 heterocycles. The third kappa shape index (κ3) is 3.56. The van der Waals surface area contributed by atoms with Crippen LogP contribution < -0.4 is 10.2 Å². The largest absolute Gasteiger partial charge is 0.326 e. The summed E-state index contributed by atoms with van der Waals surface area (Å²) in [5.41, 5.74) is 2.30. The van der Waals surface area contributed by atoms with E-state index in [2.05, 4.69) is 11.4 Å². The van der Waals surface area contributed by atoms with Crippen LogP contribution in [0.5, 0.6) is 0 Å². The van der Waals surface area contributed by atoms with E-state index >= 15 is 0 Å². The van der Waals surface area contributed by atoms with Crippen molar-refractivity contribution < 1.29 is 9.59 Å². The summed E-state index contributed by atoms with van der Waals surface area (Å²) in [4.78, 5) is 26.9. The average molecular weight is 326 g/mol. The Morgan fingerprint density at radius 1 is 1.09 bits per heavy atom. The van der Waals surface area contributed by atoms with Crippen molar-refractivity contribution in [2.45, 2.75) is 18.2 Å². The summed E-state index contributed by atoms with van der Waals surface area (Å²) < 4.78 is 0. The fourth-order valence-corrected chi connectivity index (χ4v) is 3.59. The number of amides is 2. The number of nitrogens with zero attached hydrogens (tertiary/aromatic N) is 1. The first-order valence-electron chi connectivity index (χ1n) is 7.56. The maximum atomic E-state index is 12.9. The molecule has 0 bridgehead atoms. The first-order chi connectivity index (χ1) is 11.1. The van der Waals surface area contributed by atoms with Crippen LogP contribution in [0.15, 0.2) is 53.4 Å². The van der Waals surface area contributed by atoms with Gasteiger partial charge in [-0.3, -0.25) is 9.59 Å². The molecular formula is C18H18N2O2S. The van der Waals surface area contributed by atoms with Gasteiger partial charge in [0.05, 0.1) is 5.69 Å². The Morgan fingerprint density at radius 3 is 2.57 bits per heavy atom. The first kappa shape index (κ1) is 15.6. The molecule has 0 aromatic heterocycles. The van der Waals surface area contributed by atoms with Crippen molar-refractivity contribution in [1.82, 2.24) is 0 Å². The van der Waals surface area contributed by atoms with E-state index in [4.69, 9.17) is 0 Å². The lowest BCUT2D eigenvalue weighted by molar-refractivity contribution is -0.114. The quantitative estimate of drug-likeness (QED) is 0.913. The Hall–Kier alpha value is -2.27. The summed E-state index contributed by atoms with van der Waals surface area (Å²) >= 11 is 1.79. The molecule has 0 radical (unpaired) electrons. The highest BCUT2D eigenvalue weighted by atomic mass is 32.2. The van der Waals surface area contributed by atoms with Crippen LogP contribution in [0.25, 0.3) is 0 Å². The molecule has 118 valence electrons. The average Bonchev–Trinajstić information content (AvgIpc) is 2.77. The second-order valence-corrected chi connectivity index (χ2v) is 6.52. The number of hydrogen-bond donors (Lipinski definition) is 1. The summed E-state index contributed by atoms with van der Waals surface area (Å²) in [6.07, 6.45) is 0.967. The zero-order valence-electron chi connectivity index (χ0n) is 12.9. The number of carbonyl (C=O) groups is 2. The second-order valence-electron chi connectivity index (χ2n) is 5.39. The maximum absolute atomic E-state index is 12.9. The molecule has 1 N–H and O–H groups in total. The standard InChI is InChI=1S/C18H18N2O2S/c1-13(21)19-15-9-7-14(8-10-15)18(22)20-11-4-12-23-17-6-3-2-5-16(17)20/h2-3,5-10H,4,11-12H2,1H3,(H,19,21). The number of para-hydroxylation sites is 1. The number of benzene rings is 2. The highest BCUT2D eigenvalue weighted by Crippen LogP contribution is 2.34. The van der Waals surface area contributed by atoms with Crippen molar-refractivity contribution in [3.63, 3.8) is 0 Å². The number of hydrogen-bond acceptors (Lipinski definition) is 3. The maximum Gasteiger partial charge on any atom is 0.258 e. The molecule has 0 unspecified atom stereocenters. The molecule has 0 saturated carbocycles. The molecule has 4 nitrogen and oxygen atoms in total. The topological polar surface area (TPSA) is 49.4 Å². The molecular weight excluding hydrogens is 308 g/mol. The Labute approximate surface area is 139 Å². The Morgan fingerprint density at radius 2 is 1.83 bits per heavy atom. The van der Waals surface area contributed by atoms with Gasteiger partial charge in [0.15, 0.2) is 0 Å². The minimum absolute atomic E-state index is 0.00525. The van der Waals surface area contributed by atoms with Crippen LogP contribution in [0.1, 0.15) is 23.7 Å². The van der Waals surface area contributed by atoms with Crippen LogP contribution in [0.2, 0.25) is 0 Å². The molecule has 0 saturated heterocycles. The summed E-state index contributed by atoms with van der Waals surface area (Å²) in [6, 6.07) is 15.1. The number of rotatable bonds is 2. The van der Waals surface area contributed by atoms with Crippen LogP contribution in [-0.4, -0.2) is 24.1 Å². The number of carbonyl (C=O) groups excluding carboxylic acids is 2. The van der Waals surface area contributed by atoms with Gasteiger partial charge in [-0.25, -0.2) is 0 Å². The first-order valence-corrected chi connectivity index (χ1v) is 8.55. The molecule has 3 rings (SSSR count). The van der Waals surface area contributed by atoms with E-state index < -0.39 is 0 Å². The lowest BCUT2D eigenvalue weighted by Gasteiger charge is -2.22. The zero-order chi connectivity index (χ0) is 16.2. The van der Waals surface area contributed by atoms with Gasteiger partial charge in [-0.1, -0.05) is 12.1 Å². The van der Waals surface area contributed by atoms with E-state index in [9.17, 15) is 9.59 Å². The van der Waals surface area contributed by atoms with Crippen LogP contribution in [0.4, 0.5) is 11.4 Å². The van der Waals surface area contributed by atoms with Gasteiger partial charge in [0.25, 0.3) is 5.91 Å². The molecule has 5 heteroatoms. The van der Waals surface area contributed by atoms with Crippen LogP contribution >= 0.6 is 11.8 Å². The van der Waals surface area contributed by atoms with E-state index in [0.29, 0.717) is 11.3 Å². The van der Waals surface area contributed by atoms with Gasteiger partial charge < -0.3 is 10.2 Å². The second kappa shape index (κ2) is 6.87. The highest BCUT2D eigenvalue weighted by Gasteiger charge is 2.22. The number of fused-ring (bicyclic) bond motifs is 1. The Balaban J connectivity index is 1.86.